The lowest BCUT2D eigenvalue weighted by atomic mass is 10.1. The fourth-order valence-electron chi connectivity index (χ4n) is 3.76. The summed E-state index contributed by atoms with van der Waals surface area (Å²) in [6, 6.07) is 14.9. The van der Waals surface area contributed by atoms with Gasteiger partial charge in [-0.2, -0.15) is 0 Å². The van der Waals surface area contributed by atoms with Gasteiger partial charge >= 0.3 is 6.03 Å². The molecule has 0 spiro atoms. The number of aromatic amines is 1. The molecule has 0 saturated carbocycles. The highest BCUT2D eigenvalue weighted by atomic mass is 32.2. The molecule has 3 heterocycles. The molecule has 2 N–H and O–H groups in total. The first-order valence-corrected chi connectivity index (χ1v) is 12.3. The third-order valence-electron chi connectivity index (χ3n) is 5.34. The number of aromatic nitrogens is 2. The van der Waals surface area contributed by atoms with Gasteiger partial charge in [-0.15, -0.1) is 0 Å². The van der Waals surface area contributed by atoms with E-state index in [9.17, 15) is 14.4 Å². The number of nitrogens with one attached hydrogen (secondary N) is 2. The average Bonchev–Trinajstić information content (AvgIpc) is 3.49. The van der Waals surface area contributed by atoms with Crippen molar-refractivity contribution >= 4 is 52.4 Å². The molecular weight excluding hydrogens is 496 g/mol. The number of urea groups is 1. The van der Waals surface area contributed by atoms with Crippen LogP contribution in [-0.2, 0) is 9.59 Å². The number of carbonyl (C=O) groups is 3. The van der Waals surface area contributed by atoms with E-state index in [0.717, 1.165) is 15.9 Å². The number of hydrogen-bond acceptors (Lipinski definition) is 8. The van der Waals surface area contributed by atoms with Crippen molar-refractivity contribution in [2.45, 2.75) is 24.1 Å². The van der Waals surface area contributed by atoms with Crippen LogP contribution in [0.3, 0.4) is 0 Å². The van der Waals surface area contributed by atoms with Gasteiger partial charge in [-0.1, -0.05) is 12.1 Å². The van der Waals surface area contributed by atoms with E-state index in [1.54, 1.807) is 31.2 Å². The number of ether oxygens (including phenoxy) is 2. The number of carbonyl (C=O) groups excluding carboxylic acids is 3. The Bertz CT molecular complexity index is 1510. The van der Waals surface area contributed by atoms with Crippen molar-refractivity contribution in [1.29, 1.82) is 0 Å². The second kappa shape index (κ2) is 10.2. The Labute approximate surface area is 215 Å². The molecule has 0 unspecified atom stereocenters. The van der Waals surface area contributed by atoms with E-state index >= 15 is 0 Å². The van der Waals surface area contributed by atoms with Gasteiger partial charge in [0.05, 0.1) is 29.9 Å². The number of rotatable bonds is 8. The van der Waals surface area contributed by atoms with E-state index < -0.39 is 17.8 Å². The molecule has 11 heteroatoms. The molecule has 2 aromatic carbocycles. The summed E-state index contributed by atoms with van der Waals surface area (Å²) in [5.74, 6) is -0.633. The van der Waals surface area contributed by atoms with Crippen molar-refractivity contribution in [2.75, 3.05) is 18.1 Å². The summed E-state index contributed by atoms with van der Waals surface area (Å²) in [7, 11) is 0. The zero-order valence-corrected chi connectivity index (χ0v) is 20.8. The molecule has 1 fully saturated rings. The van der Waals surface area contributed by atoms with Crippen LogP contribution in [0, 0.1) is 0 Å². The van der Waals surface area contributed by atoms with Crippen molar-refractivity contribution in [3.8, 4) is 11.5 Å². The summed E-state index contributed by atoms with van der Waals surface area (Å²) >= 11 is 1.27. The topological polar surface area (TPSA) is 127 Å². The molecule has 5 rings (SSSR count). The molecule has 0 aliphatic carbocycles. The minimum absolute atomic E-state index is 0.161. The predicted octanol–water partition coefficient (Wildman–Crippen LogP) is 4.77. The first-order chi connectivity index (χ1) is 18.0. The van der Waals surface area contributed by atoms with Gasteiger partial charge in [-0.05, 0) is 68.1 Å². The maximum absolute atomic E-state index is 13.4. The van der Waals surface area contributed by atoms with E-state index in [4.69, 9.17) is 13.9 Å². The van der Waals surface area contributed by atoms with Crippen molar-refractivity contribution in [3.63, 3.8) is 0 Å². The van der Waals surface area contributed by atoms with Crippen LogP contribution in [0.1, 0.15) is 19.6 Å². The van der Waals surface area contributed by atoms with Gasteiger partial charge in [0.2, 0.25) is 0 Å². The second-order valence-corrected chi connectivity index (χ2v) is 8.76. The monoisotopic (exact) mass is 518 g/mol. The van der Waals surface area contributed by atoms with Crippen molar-refractivity contribution in [3.05, 3.63) is 65.9 Å². The van der Waals surface area contributed by atoms with Gasteiger partial charge in [0.1, 0.15) is 22.8 Å². The van der Waals surface area contributed by atoms with E-state index in [0.29, 0.717) is 35.0 Å². The highest BCUT2D eigenvalue weighted by molar-refractivity contribution is 7.99. The lowest BCUT2D eigenvalue weighted by Crippen LogP contribution is -2.54. The summed E-state index contributed by atoms with van der Waals surface area (Å²) < 4.78 is 17.0. The van der Waals surface area contributed by atoms with Crippen LogP contribution in [0.15, 0.2) is 74.8 Å². The molecule has 4 amide bonds. The van der Waals surface area contributed by atoms with Crippen LogP contribution in [0.5, 0.6) is 11.5 Å². The molecule has 10 nitrogen and oxygen atoms in total. The Morgan fingerprint density at radius 2 is 1.84 bits per heavy atom. The number of barbiturate groups is 1. The molecule has 4 aromatic rings. The third-order valence-corrected chi connectivity index (χ3v) is 6.14. The zero-order valence-electron chi connectivity index (χ0n) is 19.9. The van der Waals surface area contributed by atoms with Crippen molar-refractivity contribution < 1.29 is 28.3 Å². The van der Waals surface area contributed by atoms with E-state index in [-0.39, 0.29) is 17.0 Å². The van der Waals surface area contributed by atoms with Gasteiger partial charge in [-0.25, -0.2) is 14.7 Å². The third kappa shape index (κ3) is 4.94. The largest absolute Gasteiger partial charge is 0.494 e. The van der Waals surface area contributed by atoms with Gasteiger partial charge in [0, 0.05) is 6.07 Å². The number of H-pyrrole nitrogens is 1. The molecule has 0 bridgehead atoms. The Kier molecular flexibility index (Phi) is 6.69. The molecule has 37 heavy (non-hydrogen) atoms. The number of nitrogens with zero attached hydrogens (tertiary/aromatic N) is 2. The van der Waals surface area contributed by atoms with Gasteiger partial charge < -0.3 is 18.9 Å². The van der Waals surface area contributed by atoms with Crippen LogP contribution in [0.2, 0.25) is 0 Å². The first-order valence-electron chi connectivity index (χ1n) is 11.5. The molecule has 0 radical (unpaired) electrons. The standard InChI is InChI=1S/C26H22N4O6S/c1-3-34-15-9-11-21(35-4-2)20(14-15)30-24(32)17(23(31)29-26(30)33)13-16-10-12-22(36-16)37-25-27-18-7-5-6-8-19(18)28-25/h5-14H,3-4H2,1-2H3,(H,27,28)(H,29,31,33)/b17-13+. The Balaban J connectivity index is 1.43. The maximum Gasteiger partial charge on any atom is 0.336 e. The smallest absolute Gasteiger partial charge is 0.336 e. The fraction of sp³-hybridized carbons (Fsp3) is 0.154. The average molecular weight is 519 g/mol. The summed E-state index contributed by atoms with van der Waals surface area (Å²) in [5.41, 5.74) is 1.62. The number of furan rings is 1. The molecular formula is C26H22N4O6S. The number of hydrogen-bond donors (Lipinski definition) is 2. The van der Waals surface area contributed by atoms with Crippen LogP contribution in [0.25, 0.3) is 17.1 Å². The van der Waals surface area contributed by atoms with Crippen LogP contribution >= 0.6 is 11.8 Å². The fourth-order valence-corrected chi connectivity index (χ4v) is 4.53. The normalized spacial score (nSPS) is 14.9. The first kappa shape index (κ1) is 24.2. The summed E-state index contributed by atoms with van der Waals surface area (Å²) in [5, 5.41) is 3.35. The summed E-state index contributed by atoms with van der Waals surface area (Å²) in [6.45, 7) is 4.30. The molecule has 1 aliphatic heterocycles. The maximum atomic E-state index is 13.4. The summed E-state index contributed by atoms with van der Waals surface area (Å²) in [4.78, 5) is 47.3. The summed E-state index contributed by atoms with van der Waals surface area (Å²) in [6.07, 6.45) is 1.30. The van der Waals surface area contributed by atoms with Gasteiger partial charge in [0.25, 0.3) is 11.8 Å². The molecule has 188 valence electrons. The number of para-hydroxylation sites is 2. The van der Waals surface area contributed by atoms with Crippen molar-refractivity contribution in [2.24, 2.45) is 0 Å². The minimum atomic E-state index is -0.887. The molecule has 0 atom stereocenters. The number of anilines is 1. The predicted molar refractivity (Wildman–Crippen MR) is 137 cm³/mol. The number of imidazole rings is 1. The van der Waals surface area contributed by atoms with Crippen LogP contribution in [0.4, 0.5) is 10.5 Å². The number of fused-ring (bicyclic) bond motifs is 1. The highest BCUT2D eigenvalue weighted by Crippen LogP contribution is 2.35. The SMILES string of the molecule is CCOc1ccc(OCC)c(N2C(=O)NC(=O)/C(=C\c3ccc(Sc4nc5ccccc5[nH]4)o3)C2=O)c1. The van der Waals surface area contributed by atoms with Crippen molar-refractivity contribution in [1.82, 2.24) is 15.3 Å². The number of benzene rings is 2. The van der Waals surface area contributed by atoms with Crippen LogP contribution in [-0.4, -0.2) is 41.0 Å². The number of amides is 4. The zero-order chi connectivity index (χ0) is 25.9. The lowest BCUT2D eigenvalue weighted by molar-refractivity contribution is -0.122. The quantitative estimate of drug-likeness (QED) is 0.252. The molecule has 1 saturated heterocycles. The second-order valence-electron chi connectivity index (χ2n) is 7.77. The lowest BCUT2D eigenvalue weighted by Gasteiger charge is -2.28. The molecule has 1 aliphatic rings. The Morgan fingerprint density at radius 3 is 2.62 bits per heavy atom. The van der Waals surface area contributed by atoms with Crippen LogP contribution < -0.4 is 19.7 Å². The Morgan fingerprint density at radius 1 is 1.03 bits per heavy atom. The van der Waals surface area contributed by atoms with Gasteiger partial charge in [0.15, 0.2) is 10.2 Å². The van der Waals surface area contributed by atoms with E-state index in [1.165, 1.54) is 23.9 Å². The minimum Gasteiger partial charge on any atom is -0.494 e. The van der Waals surface area contributed by atoms with E-state index in [2.05, 4.69) is 15.3 Å². The molecule has 2 aromatic heterocycles. The Hall–Kier alpha value is -4.51. The number of imide groups is 2. The van der Waals surface area contributed by atoms with E-state index in [1.807, 2.05) is 31.2 Å². The highest BCUT2D eigenvalue weighted by Gasteiger charge is 2.38. The van der Waals surface area contributed by atoms with Gasteiger partial charge in [-0.3, -0.25) is 14.9 Å².